The third kappa shape index (κ3) is 5.97. The van der Waals surface area contributed by atoms with Crippen LogP contribution < -0.4 is 10.6 Å². The number of nitrogens with one attached hydrogen (secondary N) is 2. The fourth-order valence-electron chi connectivity index (χ4n) is 2.99. The number of aromatic nitrogens is 1. The average molecular weight is 488 g/mol. The summed E-state index contributed by atoms with van der Waals surface area (Å²) in [6, 6.07) is 1.88. The van der Waals surface area contributed by atoms with Gasteiger partial charge in [-0.1, -0.05) is 30.1 Å². The zero-order chi connectivity index (χ0) is 16.8. The van der Waals surface area contributed by atoms with Gasteiger partial charge >= 0.3 is 0 Å². The summed E-state index contributed by atoms with van der Waals surface area (Å²) in [7, 11) is 3.70. The SMILES string of the molecule is CCCN1CCC(CNC(=NC)NCc2cc(Cl)c(Cl)n2C)C1.I. The van der Waals surface area contributed by atoms with Gasteiger partial charge in [-0.25, -0.2) is 0 Å². The van der Waals surface area contributed by atoms with Crippen molar-refractivity contribution >= 4 is 53.1 Å². The van der Waals surface area contributed by atoms with Gasteiger partial charge in [-0.2, -0.15) is 0 Å². The van der Waals surface area contributed by atoms with Gasteiger partial charge in [-0.15, -0.1) is 24.0 Å². The van der Waals surface area contributed by atoms with E-state index in [9.17, 15) is 0 Å². The normalized spacial score (nSPS) is 18.5. The van der Waals surface area contributed by atoms with Gasteiger partial charge in [-0.3, -0.25) is 4.99 Å². The molecule has 24 heavy (non-hydrogen) atoms. The van der Waals surface area contributed by atoms with Crippen molar-refractivity contribution < 1.29 is 0 Å². The highest BCUT2D eigenvalue weighted by molar-refractivity contribution is 14.0. The summed E-state index contributed by atoms with van der Waals surface area (Å²) in [5.74, 6) is 1.51. The maximum absolute atomic E-state index is 6.09. The Balaban J connectivity index is 0.00000288. The van der Waals surface area contributed by atoms with E-state index in [1.165, 1.54) is 32.5 Å². The zero-order valence-corrected chi connectivity index (χ0v) is 18.5. The van der Waals surface area contributed by atoms with E-state index >= 15 is 0 Å². The van der Waals surface area contributed by atoms with E-state index in [0.29, 0.717) is 22.6 Å². The number of likely N-dealkylation sites (tertiary alicyclic amines) is 1. The maximum Gasteiger partial charge on any atom is 0.191 e. The van der Waals surface area contributed by atoms with Gasteiger partial charge < -0.3 is 20.1 Å². The molecule has 138 valence electrons. The van der Waals surface area contributed by atoms with Gasteiger partial charge in [0.1, 0.15) is 5.15 Å². The maximum atomic E-state index is 6.09. The predicted octanol–water partition coefficient (Wildman–Crippen LogP) is 3.35. The number of guanidine groups is 1. The highest BCUT2D eigenvalue weighted by atomic mass is 127. The Labute approximate surface area is 172 Å². The summed E-state index contributed by atoms with van der Waals surface area (Å²) in [4.78, 5) is 6.82. The molecule has 2 rings (SSSR count). The molecule has 1 fully saturated rings. The smallest absolute Gasteiger partial charge is 0.191 e. The summed E-state index contributed by atoms with van der Waals surface area (Å²) in [5, 5.41) is 7.88. The molecule has 8 heteroatoms. The molecule has 1 aromatic heterocycles. The van der Waals surface area contributed by atoms with Gasteiger partial charge in [0.25, 0.3) is 0 Å². The van der Waals surface area contributed by atoms with Crippen molar-refractivity contribution in [2.75, 3.05) is 33.2 Å². The van der Waals surface area contributed by atoms with Crippen LogP contribution in [0.1, 0.15) is 25.5 Å². The molecule has 2 N–H and O–H groups in total. The quantitative estimate of drug-likeness (QED) is 0.367. The van der Waals surface area contributed by atoms with Crippen LogP contribution in [0.2, 0.25) is 10.2 Å². The number of aliphatic imine (C=N–C) groups is 1. The molecule has 1 saturated heterocycles. The lowest BCUT2D eigenvalue weighted by Crippen LogP contribution is -2.40. The van der Waals surface area contributed by atoms with E-state index in [-0.39, 0.29) is 24.0 Å². The third-order valence-electron chi connectivity index (χ3n) is 4.34. The van der Waals surface area contributed by atoms with Crippen LogP contribution in [0.5, 0.6) is 0 Å². The molecule has 5 nitrogen and oxygen atoms in total. The average Bonchev–Trinajstić information content (AvgIpc) is 3.08. The first-order valence-electron chi connectivity index (χ1n) is 8.21. The van der Waals surface area contributed by atoms with Crippen molar-refractivity contribution in [3.05, 3.63) is 21.9 Å². The summed E-state index contributed by atoms with van der Waals surface area (Å²) in [6.45, 7) is 7.43. The Morgan fingerprint density at radius 2 is 2.12 bits per heavy atom. The van der Waals surface area contributed by atoms with Crippen molar-refractivity contribution in [1.29, 1.82) is 0 Å². The standard InChI is InChI=1S/C16H27Cl2N5.HI/c1-4-6-23-7-5-12(11-23)9-20-16(19-2)21-10-13-8-14(17)15(18)22(13)3;/h8,12H,4-7,9-11H2,1-3H3,(H2,19,20,21);1H. The molecule has 0 amide bonds. The first-order chi connectivity index (χ1) is 11.0. The zero-order valence-electron chi connectivity index (χ0n) is 14.6. The van der Waals surface area contributed by atoms with Crippen molar-refractivity contribution in [2.45, 2.75) is 26.3 Å². The Bertz CT molecular complexity index is 547. The highest BCUT2D eigenvalue weighted by Gasteiger charge is 2.21. The number of hydrogen-bond donors (Lipinski definition) is 2. The monoisotopic (exact) mass is 487 g/mol. The van der Waals surface area contributed by atoms with Crippen molar-refractivity contribution in [3.63, 3.8) is 0 Å². The molecule has 0 aromatic carbocycles. The number of rotatable bonds is 6. The molecule has 0 saturated carbocycles. The fourth-order valence-corrected chi connectivity index (χ4v) is 3.41. The third-order valence-corrected chi connectivity index (χ3v) is 5.19. The van der Waals surface area contributed by atoms with Crippen LogP contribution in [0.15, 0.2) is 11.1 Å². The minimum absolute atomic E-state index is 0. The molecule has 0 spiro atoms. The summed E-state index contributed by atoms with van der Waals surface area (Å²) >= 11 is 12.1. The molecule has 1 aliphatic rings. The van der Waals surface area contributed by atoms with Crippen LogP contribution in [0, 0.1) is 5.92 Å². The van der Waals surface area contributed by atoms with Crippen molar-refractivity contribution in [1.82, 2.24) is 20.1 Å². The Morgan fingerprint density at radius 1 is 1.38 bits per heavy atom. The molecule has 1 aromatic rings. The molecule has 0 aliphatic carbocycles. The summed E-state index contributed by atoms with van der Waals surface area (Å²) in [5.41, 5.74) is 1.03. The fraction of sp³-hybridized carbons (Fsp3) is 0.688. The van der Waals surface area contributed by atoms with Crippen LogP contribution in [-0.4, -0.2) is 48.7 Å². The van der Waals surface area contributed by atoms with E-state index in [1.54, 1.807) is 7.05 Å². The molecule has 0 radical (unpaired) electrons. The topological polar surface area (TPSA) is 44.6 Å². The Hall–Kier alpha value is -0.180. The minimum Gasteiger partial charge on any atom is -0.356 e. The van der Waals surface area contributed by atoms with Crippen LogP contribution in [-0.2, 0) is 13.6 Å². The van der Waals surface area contributed by atoms with E-state index in [0.717, 1.165) is 18.2 Å². The Kier molecular flexibility index (Phi) is 9.77. The van der Waals surface area contributed by atoms with Gasteiger partial charge in [0.15, 0.2) is 5.96 Å². The lowest BCUT2D eigenvalue weighted by Gasteiger charge is -2.17. The first kappa shape index (κ1) is 21.9. The number of nitrogens with zero attached hydrogens (tertiary/aromatic N) is 3. The number of hydrogen-bond acceptors (Lipinski definition) is 2. The largest absolute Gasteiger partial charge is 0.356 e. The van der Waals surface area contributed by atoms with E-state index in [1.807, 2.05) is 17.7 Å². The van der Waals surface area contributed by atoms with Crippen LogP contribution in [0.25, 0.3) is 0 Å². The van der Waals surface area contributed by atoms with Gasteiger partial charge in [0.05, 0.1) is 11.6 Å². The second-order valence-electron chi connectivity index (χ2n) is 6.10. The predicted molar refractivity (Wildman–Crippen MR) is 114 cm³/mol. The van der Waals surface area contributed by atoms with E-state index in [2.05, 4.69) is 27.4 Å². The second-order valence-corrected chi connectivity index (χ2v) is 6.86. The van der Waals surface area contributed by atoms with Gasteiger partial charge in [-0.05, 0) is 37.9 Å². The molecule has 1 aliphatic heterocycles. The van der Waals surface area contributed by atoms with Crippen LogP contribution in [0.3, 0.4) is 0 Å². The van der Waals surface area contributed by atoms with Gasteiger partial charge in [0.2, 0.25) is 0 Å². The number of halogens is 3. The summed E-state index contributed by atoms with van der Waals surface area (Å²) < 4.78 is 1.88. The van der Waals surface area contributed by atoms with Crippen LogP contribution >= 0.6 is 47.2 Å². The van der Waals surface area contributed by atoms with E-state index < -0.39 is 0 Å². The molecular weight excluding hydrogens is 460 g/mol. The lowest BCUT2D eigenvalue weighted by molar-refractivity contribution is 0.324. The molecule has 2 heterocycles. The van der Waals surface area contributed by atoms with Crippen molar-refractivity contribution in [2.24, 2.45) is 18.0 Å². The summed E-state index contributed by atoms with van der Waals surface area (Å²) in [6.07, 6.45) is 2.48. The molecule has 0 bridgehead atoms. The molecule has 1 atom stereocenters. The Morgan fingerprint density at radius 3 is 2.71 bits per heavy atom. The first-order valence-corrected chi connectivity index (χ1v) is 8.97. The molecular formula is C16H28Cl2IN5. The van der Waals surface area contributed by atoms with Crippen molar-refractivity contribution in [3.8, 4) is 0 Å². The van der Waals surface area contributed by atoms with Crippen LogP contribution in [0.4, 0.5) is 0 Å². The highest BCUT2D eigenvalue weighted by Crippen LogP contribution is 2.24. The lowest BCUT2D eigenvalue weighted by atomic mass is 10.1. The van der Waals surface area contributed by atoms with E-state index in [4.69, 9.17) is 23.2 Å². The molecule has 1 unspecified atom stereocenters. The van der Waals surface area contributed by atoms with Gasteiger partial charge in [0, 0.05) is 32.9 Å². The second kappa shape index (κ2) is 10.7. The minimum atomic E-state index is 0.